The second kappa shape index (κ2) is 5.45. The van der Waals surface area contributed by atoms with Crippen LogP contribution in [0.3, 0.4) is 0 Å². The van der Waals surface area contributed by atoms with Gasteiger partial charge in [0.15, 0.2) is 0 Å². The minimum absolute atomic E-state index is 0.927. The topological polar surface area (TPSA) is 12.0 Å². The molecule has 15 heavy (non-hydrogen) atoms. The molecule has 1 N–H and O–H groups in total. The molecule has 0 amide bonds. The van der Waals surface area contributed by atoms with E-state index < -0.39 is 0 Å². The Balaban J connectivity index is 1.80. The lowest BCUT2D eigenvalue weighted by Gasteiger charge is -2.02. The van der Waals surface area contributed by atoms with Crippen molar-refractivity contribution in [2.24, 2.45) is 0 Å². The minimum atomic E-state index is 0.927. The van der Waals surface area contributed by atoms with Crippen LogP contribution in [-0.2, 0) is 13.1 Å². The summed E-state index contributed by atoms with van der Waals surface area (Å²) >= 11 is 5.24. The molecule has 0 saturated carbocycles. The van der Waals surface area contributed by atoms with Gasteiger partial charge in [-0.15, -0.1) is 11.3 Å². The fourth-order valence-electron chi connectivity index (χ4n) is 1.37. The molecule has 1 heterocycles. The fourth-order valence-corrected chi connectivity index (χ4v) is 2.83. The van der Waals surface area contributed by atoms with Gasteiger partial charge in [0.05, 0.1) is 3.79 Å². The molecular formula is C12H12BrNS. The molecule has 2 aromatic rings. The van der Waals surface area contributed by atoms with E-state index >= 15 is 0 Å². The predicted molar refractivity (Wildman–Crippen MR) is 69.0 cm³/mol. The van der Waals surface area contributed by atoms with Gasteiger partial charge in [0.2, 0.25) is 0 Å². The minimum Gasteiger partial charge on any atom is -0.308 e. The van der Waals surface area contributed by atoms with Crippen molar-refractivity contribution in [3.8, 4) is 0 Å². The number of thiophene rings is 1. The van der Waals surface area contributed by atoms with Gasteiger partial charge in [-0.3, -0.25) is 0 Å². The summed E-state index contributed by atoms with van der Waals surface area (Å²) in [5.41, 5.74) is 1.33. The van der Waals surface area contributed by atoms with E-state index in [0.29, 0.717) is 0 Å². The highest BCUT2D eigenvalue weighted by Gasteiger charge is 1.96. The van der Waals surface area contributed by atoms with Gasteiger partial charge in [-0.1, -0.05) is 30.3 Å². The molecular weight excluding hydrogens is 270 g/mol. The molecule has 0 aliphatic rings. The van der Waals surface area contributed by atoms with E-state index in [1.165, 1.54) is 14.2 Å². The standard InChI is InChI=1S/C12H12BrNS/c13-12-7-6-11(15-12)9-14-8-10-4-2-1-3-5-10/h1-7,14H,8-9H2. The van der Waals surface area contributed by atoms with Crippen LogP contribution in [0.5, 0.6) is 0 Å². The Labute approximate surface area is 102 Å². The Morgan fingerprint density at radius 3 is 2.47 bits per heavy atom. The molecule has 3 heteroatoms. The van der Waals surface area contributed by atoms with E-state index in [2.05, 4.69) is 57.6 Å². The molecule has 0 radical (unpaired) electrons. The van der Waals surface area contributed by atoms with Crippen LogP contribution in [-0.4, -0.2) is 0 Å². The Hall–Kier alpha value is -0.640. The SMILES string of the molecule is Brc1ccc(CNCc2ccccc2)s1. The zero-order chi connectivity index (χ0) is 10.5. The van der Waals surface area contributed by atoms with E-state index in [1.807, 2.05) is 6.07 Å². The van der Waals surface area contributed by atoms with Gasteiger partial charge in [0.1, 0.15) is 0 Å². The second-order valence-electron chi connectivity index (χ2n) is 3.29. The molecule has 0 unspecified atom stereocenters. The molecule has 78 valence electrons. The molecule has 0 bridgehead atoms. The van der Waals surface area contributed by atoms with Crippen molar-refractivity contribution in [2.75, 3.05) is 0 Å². The highest BCUT2D eigenvalue weighted by atomic mass is 79.9. The van der Waals surface area contributed by atoms with Gasteiger partial charge < -0.3 is 5.32 Å². The molecule has 1 nitrogen and oxygen atoms in total. The first-order valence-electron chi connectivity index (χ1n) is 4.83. The first-order valence-corrected chi connectivity index (χ1v) is 6.44. The Morgan fingerprint density at radius 2 is 1.80 bits per heavy atom. The summed E-state index contributed by atoms with van der Waals surface area (Å²) in [6.07, 6.45) is 0. The molecule has 0 spiro atoms. The van der Waals surface area contributed by atoms with Crippen molar-refractivity contribution >= 4 is 27.3 Å². The molecule has 0 aliphatic carbocycles. The van der Waals surface area contributed by atoms with Gasteiger partial charge in [-0.25, -0.2) is 0 Å². The van der Waals surface area contributed by atoms with Crippen molar-refractivity contribution in [2.45, 2.75) is 13.1 Å². The average Bonchev–Trinajstić information content (AvgIpc) is 2.66. The number of hydrogen-bond donors (Lipinski definition) is 1. The molecule has 1 aromatic heterocycles. The van der Waals surface area contributed by atoms with Gasteiger partial charge in [0.25, 0.3) is 0 Å². The Morgan fingerprint density at radius 1 is 1.00 bits per heavy atom. The number of rotatable bonds is 4. The van der Waals surface area contributed by atoms with E-state index in [1.54, 1.807) is 11.3 Å². The van der Waals surface area contributed by atoms with Crippen LogP contribution in [0.15, 0.2) is 46.3 Å². The molecule has 1 aromatic carbocycles. The lowest BCUT2D eigenvalue weighted by atomic mass is 10.2. The van der Waals surface area contributed by atoms with Gasteiger partial charge in [-0.2, -0.15) is 0 Å². The lowest BCUT2D eigenvalue weighted by Crippen LogP contribution is -2.11. The van der Waals surface area contributed by atoms with Gasteiger partial charge in [0, 0.05) is 18.0 Å². The maximum absolute atomic E-state index is 3.46. The molecule has 2 rings (SSSR count). The average molecular weight is 282 g/mol. The summed E-state index contributed by atoms with van der Waals surface area (Å²) in [5, 5.41) is 3.42. The van der Waals surface area contributed by atoms with Crippen LogP contribution in [0.4, 0.5) is 0 Å². The fraction of sp³-hybridized carbons (Fsp3) is 0.167. The summed E-state index contributed by atoms with van der Waals surface area (Å²) < 4.78 is 1.19. The summed E-state index contributed by atoms with van der Waals surface area (Å²) in [6, 6.07) is 14.7. The number of nitrogens with one attached hydrogen (secondary N) is 1. The smallest absolute Gasteiger partial charge is 0.0701 e. The van der Waals surface area contributed by atoms with Crippen LogP contribution >= 0.6 is 27.3 Å². The Kier molecular flexibility index (Phi) is 3.94. The van der Waals surface area contributed by atoms with Crippen LogP contribution in [0.25, 0.3) is 0 Å². The van der Waals surface area contributed by atoms with Crippen LogP contribution in [0, 0.1) is 0 Å². The van der Waals surface area contributed by atoms with Gasteiger partial charge in [-0.05, 0) is 33.6 Å². The van der Waals surface area contributed by atoms with Crippen molar-refractivity contribution in [1.82, 2.24) is 5.32 Å². The quantitative estimate of drug-likeness (QED) is 0.899. The van der Waals surface area contributed by atoms with Crippen molar-refractivity contribution in [3.63, 3.8) is 0 Å². The van der Waals surface area contributed by atoms with E-state index in [0.717, 1.165) is 13.1 Å². The third-order valence-electron chi connectivity index (χ3n) is 2.10. The molecule has 0 atom stereocenters. The first-order chi connectivity index (χ1) is 7.34. The molecule has 0 saturated heterocycles. The van der Waals surface area contributed by atoms with E-state index in [9.17, 15) is 0 Å². The highest BCUT2D eigenvalue weighted by molar-refractivity contribution is 9.11. The second-order valence-corrected chi connectivity index (χ2v) is 5.84. The summed E-state index contributed by atoms with van der Waals surface area (Å²) in [7, 11) is 0. The maximum atomic E-state index is 3.46. The van der Waals surface area contributed by atoms with E-state index in [4.69, 9.17) is 0 Å². The van der Waals surface area contributed by atoms with Crippen LogP contribution in [0.1, 0.15) is 10.4 Å². The predicted octanol–water partition coefficient (Wildman–Crippen LogP) is 3.80. The monoisotopic (exact) mass is 281 g/mol. The Bertz CT molecular complexity index is 411. The maximum Gasteiger partial charge on any atom is 0.0701 e. The number of halogens is 1. The lowest BCUT2D eigenvalue weighted by molar-refractivity contribution is 0.701. The summed E-state index contributed by atoms with van der Waals surface area (Å²) in [6.45, 7) is 1.86. The van der Waals surface area contributed by atoms with Gasteiger partial charge >= 0.3 is 0 Å². The van der Waals surface area contributed by atoms with Crippen molar-refractivity contribution < 1.29 is 0 Å². The van der Waals surface area contributed by atoms with E-state index in [-0.39, 0.29) is 0 Å². The highest BCUT2D eigenvalue weighted by Crippen LogP contribution is 2.21. The number of hydrogen-bond acceptors (Lipinski definition) is 2. The van der Waals surface area contributed by atoms with Crippen molar-refractivity contribution in [3.05, 3.63) is 56.7 Å². The summed E-state index contributed by atoms with van der Waals surface area (Å²) in [4.78, 5) is 1.36. The van der Waals surface area contributed by atoms with Crippen LogP contribution in [0.2, 0.25) is 0 Å². The zero-order valence-corrected chi connectivity index (χ0v) is 10.6. The zero-order valence-electron chi connectivity index (χ0n) is 8.24. The third kappa shape index (κ3) is 3.45. The normalized spacial score (nSPS) is 10.5. The summed E-state index contributed by atoms with van der Waals surface area (Å²) in [5.74, 6) is 0. The number of benzene rings is 1. The van der Waals surface area contributed by atoms with Crippen LogP contribution < -0.4 is 5.32 Å². The largest absolute Gasteiger partial charge is 0.308 e. The first kappa shape index (κ1) is 10.9. The third-order valence-corrected chi connectivity index (χ3v) is 3.72. The molecule has 0 fully saturated rings. The van der Waals surface area contributed by atoms with Crippen molar-refractivity contribution in [1.29, 1.82) is 0 Å². The molecule has 0 aliphatic heterocycles.